The highest BCUT2D eigenvalue weighted by Crippen LogP contribution is 2.35. The summed E-state index contributed by atoms with van der Waals surface area (Å²) in [5, 5.41) is 2.64. The number of carbonyl (C=O) groups excluding carboxylic acids is 3. The van der Waals surface area contributed by atoms with Crippen molar-refractivity contribution in [2.75, 3.05) is 0 Å². The molecular formula is C26H35NO7. The number of ether oxygens (including phenoxy) is 4. The van der Waals surface area contributed by atoms with Gasteiger partial charge in [-0.1, -0.05) is 32.0 Å². The van der Waals surface area contributed by atoms with Crippen molar-refractivity contribution in [3.63, 3.8) is 0 Å². The Morgan fingerprint density at radius 1 is 1.15 bits per heavy atom. The van der Waals surface area contributed by atoms with Crippen LogP contribution in [0.15, 0.2) is 42.4 Å². The molecule has 1 aliphatic carbocycles. The summed E-state index contributed by atoms with van der Waals surface area (Å²) in [6.45, 7) is 9.21. The number of amides is 1. The Bertz CT molecular complexity index is 903. The van der Waals surface area contributed by atoms with E-state index in [9.17, 15) is 14.4 Å². The summed E-state index contributed by atoms with van der Waals surface area (Å²) in [7, 11) is 0. The van der Waals surface area contributed by atoms with Crippen LogP contribution in [-0.2, 0) is 23.8 Å². The monoisotopic (exact) mass is 473 g/mol. The van der Waals surface area contributed by atoms with Crippen molar-refractivity contribution in [2.24, 2.45) is 11.8 Å². The minimum absolute atomic E-state index is 0.103. The van der Waals surface area contributed by atoms with Gasteiger partial charge >= 0.3 is 12.1 Å². The zero-order valence-corrected chi connectivity index (χ0v) is 20.5. The number of rotatable bonds is 7. The van der Waals surface area contributed by atoms with Crippen molar-refractivity contribution in [1.82, 2.24) is 5.32 Å². The first-order valence-corrected chi connectivity index (χ1v) is 11.8. The Kier molecular flexibility index (Phi) is 8.23. The quantitative estimate of drug-likeness (QED) is 0.581. The Morgan fingerprint density at radius 3 is 2.50 bits per heavy atom. The second-order valence-electron chi connectivity index (χ2n) is 10.2. The number of benzene rings is 1. The molecule has 0 saturated heterocycles. The highest BCUT2D eigenvalue weighted by atomic mass is 16.6. The third-order valence-corrected chi connectivity index (χ3v) is 5.61. The largest absolute Gasteiger partial charge is 0.493 e. The molecule has 0 bridgehead atoms. The lowest BCUT2D eigenvalue weighted by Gasteiger charge is -2.37. The SMILES string of the molecule is CC(C)CC(NC(=O)OC(C)(C)C)C(=O)OC1CCC2C(=O)C(Oc3ccccc3)=COC2C1. The number of hydrogen-bond donors (Lipinski definition) is 1. The molecule has 2 aliphatic rings. The summed E-state index contributed by atoms with van der Waals surface area (Å²) in [6, 6.07) is 8.26. The number of Topliss-reactive ketones (excluding diaryl/α,β-unsaturated/α-hetero) is 1. The fourth-order valence-electron chi connectivity index (χ4n) is 4.11. The Hall–Kier alpha value is -3.03. The average Bonchev–Trinajstić information content (AvgIpc) is 2.74. The molecule has 0 spiro atoms. The van der Waals surface area contributed by atoms with Gasteiger partial charge in [0.1, 0.15) is 35.9 Å². The highest BCUT2D eigenvalue weighted by Gasteiger charge is 2.42. The van der Waals surface area contributed by atoms with Gasteiger partial charge in [0.2, 0.25) is 11.5 Å². The second kappa shape index (κ2) is 10.9. The van der Waals surface area contributed by atoms with Crippen LogP contribution >= 0.6 is 0 Å². The normalized spacial score (nSPS) is 23.2. The molecule has 1 heterocycles. The molecule has 0 radical (unpaired) electrons. The van der Waals surface area contributed by atoms with E-state index >= 15 is 0 Å². The van der Waals surface area contributed by atoms with Crippen molar-refractivity contribution in [2.45, 2.75) is 84.2 Å². The van der Waals surface area contributed by atoms with Crippen molar-refractivity contribution in [3.8, 4) is 5.75 Å². The number of carbonyl (C=O) groups is 3. The minimum atomic E-state index is -0.813. The predicted octanol–water partition coefficient (Wildman–Crippen LogP) is 4.53. The predicted molar refractivity (Wildman–Crippen MR) is 125 cm³/mol. The standard InChI is InChI=1S/C26H35NO7/c1-16(2)13-20(27-25(30)34-26(3,4)5)24(29)33-18-11-12-19-21(14-18)31-15-22(23(19)28)32-17-9-7-6-8-10-17/h6-10,15-16,18-21H,11-14H2,1-5H3,(H,27,30). The van der Waals surface area contributed by atoms with E-state index in [2.05, 4.69) is 5.32 Å². The molecule has 1 aromatic rings. The summed E-state index contributed by atoms with van der Waals surface area (Å²) in [5.74, 6) is -0.0365. The number of allylic oxidation sites excluding steroid dienone is 1. The van der Waals surface area contributed by atoms with Crippen LogP contribution in [0.25, 0.3) is 0 Å². The van der Waals surface area contributed by atoms with Crippen molar-refractivity contribution < 1.29 is 33.3 Å². The van der Waals surface area contributed by atoms with E-state index in [1.165, 1.54) is 6.26 Å². The number of alkyl carbamates (subject to hydrolysis) is 1. The molecule has 8 nitrogen and oxygen atoms in total. The molecular weight excluding hydrogens is 438 g/mol. The summed E-state index contributed by atoms with van der Waals surface area (Å²) in [4.78, 5) is 38.0. The molecule has 4 unspecified atom stereocenters. The summed E-state index contributed by atoms with van der Waals surface area (Å²) in [5.41, 5.74) is -0.670. The van der Waals surface area contributed by atoms with Gasteiger partial charge in [-0.15, -0.1) is 0 Å². The average molecular weight is 474 g/mol. The molecule has 1 saturated carbocycles. The van der Waals surface area contributed by atoms with E-state index in [1.54, 1.807) is 32.9 Å². The highest BCUT2D eigenvalue weighted by molar-refractivity contribution is 5.96. The molecule has 8 heteroatoms. The maximum absolute atomic E-state index is 12.9. The number of fused-ring (bicyclic) bond motifs is 1. The molecule has 1 fully saturated rings. The van der Waals surface area contributed by atoms with Gasteiger partial charge in [-0.3, -0.25) is 4.79 Å². The van der Waals surface area contributed by atoms with Gasteiger partial charge in [0.15, 0.2) is 0 Å². The molecule has 1 amide bonds. The fraction of sp³-hybridized carbons (Fsp3) is 0.577. The smallest absolute Gasteiger partial charge is 0.408 e. The number of hydrogen-bond acceptors (Lipinski definition) is 7. The third kappa shape index (κ3) is 7.23. The Morgan fingerprint density at radius 2 is 1.85 bits per heavy atom. The first kappa shape index (κ1) is 25.6. The van der Waals surface area contributed by atoms with E-state index in [0.717, 1.165) is 0 Å². The molecule has 1 aliphatic heterocycles. The van der Waals surface area contributed by atoms with E-state index in [0.29, 0.717) is 31.4 Å². The number of ketones is 1. The third-order valence-electron chi connectivity index (χ3n) is 5.61. The lowest BCUT2D eigenvalue weighted by molar-refractivity contribution is -0.158. The maximum atomic E-state index is 12.9. The van der Waals surface area contributed by atoms with Crippen LogP contribution < -0.4 is 10.1 Å². The van der Waals surface area contributed by atoms with Crippen LogP contribution in [0.4, 0.5) is 4.79 Å². The van der Waals surface area contributed by atoms with Gasteiger partial charge in [0, 0.05) is 6.42 Å². The fourth-order valence-corrected chi connectivity index (χ4v) is 4.11. The van der Waals surface area contributed by atoms with Crippen LogP contribution in [0.2, 0.25) is 0 Å². The van der Waals surface area contributed by atoms with E-state index in [-0.39, 0.29) is 29.5 Å². The van der Waals surface area contributed by atoms with E-state index in [1.807, 2.05) is 32.0 Å². The first-order valence-electron chi connectivity index (χ1n) is 11.8. The van der Waals surface area contributed by atoms with Crippen LogP contribution in [0.1, 0.15) is 60.3 Å². The van der Waals surface area contributed by atoms with Gasteiger partial charge in [0.05, 0.1) is 5.92 Å². The maximum Gasteiger partial charge on any atom is 0.408 e. The molecule has 186 valence electrons. The van der Waals surface area contributed by atoms with E-state index < -0.39 is 29.8 Å². The van der Waals surface area contributed by atoms with E-state index in [4.69, 9.17) is 18.9 Å². The van der Waals surface area contributed by atoms with Gasteiger partial charge in [-0.05, 0) is 58.1 Å². The lowest BCUT2D eigenvalue weighted by atomic mass is 9.80. The van der Waals surface area contributed by atoms with Gasteiger partial charge in [-0.2, -0.15) is 0 Å². The van der Waals surface area contributed by atoms with Crippen molar-refractivity contribution in [1.29, 1.82) is 0 Å². The number of para-hydroxylation sites is 1. The van der Waals surface area contributed by atoms with Crippen LogP contribution in [0, 0.1) is 11.8 Å². The first-order chi connectivity index (χ1) is 16.0. The summed E-state index contributed by atoms with van der Waals surface area (Å²) >= 11 is 0. The Balaban J connectivity index is 1.58. The number of nitrogens with one attached hydrogen (secondary N) is 1. The second-order valence-corrected chi connectivity index (χ2v) is 10.2. The Labute approximate surface area is 201 Å². The van der Waals surface area contributed by atoms with Gasteiger partial charge < -0.3 is 24.3 Å². The van der Waals surface area contributed by atoms with Crippen LogP contribution in [0.5, 0.6) is 5.75 Å². The van der Waals surface area contributed by atoms with Crippen LogP contribution in [-0.4, -0.2) is 41.7 Å². The van der Waals surface area contributed by atoms with Crippen LogP contribution in [0.3, 0.4) is 0 Å². The van der Waals surface area contributed by atoms with Crippen molar-refractivity contribution in [3.05, 3.63) is 42.4 Å². The number of esters is 1. The summed E-state index contributed by atoms with van der Waals surface area (Å²) < 4.78 is 22.5. The van der Waals surface area contributed by atoms with Gasteiger partial charge in [0.25, 0.3) is 0 Å². The topological polar surface area (TPSA) is 100 Å². The molecule has 3 rings (SSSR count). The summed E-state index contributed by atoms with van der Waals surface area (Å²) in [6.07, 6.45) is 1.79. The van der Waals surface area contributed by atoms with Gasteiger partial charge in [-0.25, -0.2) is 9.59 Å². The lowest BCUT2D eigenvalue weighted by Crippen LogP contribution is -2.47. The molecule has 4 atom stereocenters. The minimum Gasteiger partial charge on any atom is -0.493 e. The van der Waals surface area contributed by atoms with Crippen molar-refractivity contribution >= 4 is 17.8 Å². The molecule has 0 aromatic heterocycles. The zero-order chi connectivity index (χ0) is 24.9. The molecule has 1 N–H and O–H groups in total. The molecule has 1 aromatic carbocycles. The zero-order valence-electron chi connectivity index (χ0n) is 20.5. The molecule has 34 heavy (non-hydrogen) atoms.